The first-order chi connectivity index (χ1) is 9.11. The molecule has 0 saturated heterocycles. The molecule has 19 heavy (non-hydrogen) atoms. The molecule has 0 aliphatic rings. The maximum atomic E-state index is 11.5. The molecule has 0 bridgehead atoms. The minimum atomic E-state index is -0.539. The molecular weight excluding hydrogens is 244 g/mol. The Morgan fingerprint density at radius 3 is 2.63 bits per heavy atom. The summed E-state index contributed by atoms with van der Waals surface area (Å²) in [7, 11) is 1.53. The second-order valence-electron chi connectivity index (χ2n) is 4.49. The highest BCUT2D eigenvalue weighted by Crippen LogP contribution is 2.02. The van der Waals surface area contributed by atoms with E-state index in [1.807, 2.05) is 31.2 Å². The van der Waals surface area contributed by atoms with Gasteiger partial charge in [0.05, 0.1) is 12.7 Å². The van der Waals surface area contributed by atoms with Crippen LogP contribution in [-0.2, 0) is 11.3 Å². The smallest absolute Gasteiger partial charge is 0.315 e. The van der Waals surface area contributed by atoms with Crippen LogP contribution in [-0.4, -0.2) is 37.5 Å². The summed E-state index contributed by atoms with van der Waals surface area (Å²) in [6.45, 7) is 3.22. The van der Waals surface area contributed by atoms with Gasteiger partial charge < -0.3 is 20.5 Å². The molecule has 1 unspecified atom stereocenters. The van der Waals surface area contributed by atoms with Crippen LogP contribution in [0, 0.1) is 6.92 Å². The molecule has 1 atom stereocenters. The highest BCUT2D eigenvalue weighted by atomic mass is 16.5. The fourth-order valence-electron chi connectivity index (χ4n) is 1.58. The van der Waals surface area contributed by atoms with Crippen molar-refractivity contribution in [3.8, 4) is 0 Å². The standard InChI is InChI=1S/C14H22N2O3/c1-11-3-5-12(6-4-11)9-16-14(18)15-8-7-13(17)10-19-2/h3-6,13,17H,7-10H2,1-2H3,(H2,15,16,18). The second-order valence-corrected chi connectivity index (χ2v) is 4.49. The Labute approximate surface area is 114 Å². The van der Waals surface area contributed by atoms with Crippen LogP contribution in [0.4, 0.5) is 4.79 Å². The van der Waals surface area contributed by atoms with E-state index in [0.717, 1.165) is 5.56 Å². The van der Waals surface area contributed by atoms with Crippen LogP contribution >= 0.6 is 0 Å². The predicted octanol–water partition coefficient (Wildman–Crippen LogP) is 1.19. The van der Waals surface area contributed by atoms with Crippen molar-refractivity contribution >= 4 is 6.03 Å². The highest BCUT2D eigenvalue weighted by molar-refractivity contribution is 5.73. The minimum absolute atomic E-state index is 0.231. The predicted molar refractivity (Wildman–Crippen MR) is 73.9 cm³/mol. The van der Waals surface area contributed by atoms with Gasteiger partial charge in [-0.1, -0.05) is 29.8 Å². The first kappa shape index (κ1) is 15.5. The lowest BCUT2D eigenvalue weighted by molar-refractivity contribution is 0.0598. The summed E-state index contributed by atoms with van der Waals surface area (Å²) in [5, 5.41) is 14.8. The van der Waals surface area contributed by atoms with Gasteiger partial charge in [0.2, 0.25) is 0 Å². The summed E-state index contributed by atoms with van der Waals surface area (Å²) in [6.07, 6.45) is -0.0615. The lowest BCUT2D eigenvalue weighted by atomic mass is 10.1. The molecule has 5 nitrogen and oxygen atoms in total. The maximum absolute atomic E-state index is 11.5. The van der Waals surface area contributed by atoms with E-state index in [2.05, 4.69) is 10.6 Å². The summed E-state index contributed by atoms with van der Waals surface area (Å²) in [5.41, 5.74) is 2.25. The average molecular weight is 266 g/mol. The molecule has 0 aromatic heterocycles. The zero-order valence-electron chi connectivity index (χ0n) is 11.5. The van der Waals surface area contributed by atoms with Crippen LogP contribution in [0.5, 0.6) is 0 Å². The first-order valence-corrected chi connectivity index (χ1v) is 6.36. The molecule has 2 amide bonds. The number of ether oxygens (including phenoxy) is 1. The number of hydrogen-bond donors (Lipinski definition) is 3. The Hall–Kier alpha value is -1.59. The molecule has 3 N–H and O–H groups in total. The Balaban J connectivity index is 2.16. The van der Waals surface area contributed by atoms with Crippen molar-refractivity contribution < 1.29 is 14.6 Å². The summed E-state index contributed by atoms with van der Waals surface area (Å²) in [6, 6.07) is 7.76. The lowest BCUT2D eigenvalue weighted by Gasteiger charge is -2.11. The Bertz CT molecular complexity index is 379. The second kappa shape index (κ2) is 8.50. The summed E-state index contributed by atoms with van der Waals surface area (Å²) < 4.78 is 4.80. The zero-order valence-corrected chi connectivity index (χ0v) is 11.5. The van der Waals surface area contributed by atoms with Crippen LogP contribution in [0.2, 0.25) is 0 Å². The first-order valence-electron chi connectivity index (χ1n) is 6.36. The quantitative estimate of drug-likeness (QED) is 0.694. The number of nitrogens with one attached hydrogen (secondary N) is 2. The number of amides is 2. The van der Waals surface area contributed by atoms with Gasteiger partial charge in [0.1, 0.15) is 0 Å². The highest BCUT2D eigenvalue weighted by Gasteiger charge is 2.04. The van der Waals surface area contributed by atoms with Crippen molar-refractivity contribution in [2.45, 2.75) is 26.0 Å². The average Bonchev–Trinajstić information content (AvgIpc) is 2.38. The number of aliphatic hydroxyl groups is 1. The molecule has 106 valence electrons. The van der Waals surface area contributed by atoms with Gasteiger partial charge >= 0.3 is 6.03 Å². The van der Waals surface area contributed by atoms with Crippen molar-refractivity contribution in [2.75, 3.05) is 20.3 Å². The summed E-state index contributed by atoms with van der Waals surface area (Å²) in [4.78, 5) is 11.5. The fourth-order valence-corrected chi connectivity index (χ4v) is 1.58. The largest absolute Gasteiger partial charge is 0.391 e. The van der Waals surface area contributed by atoms with Gasteiger partial charge in [-0.15, -0.1) is 0 Å². The number of methoxy groups -OCH3 is 1. The van der Waals surface area contributed by atoms with E-state index in [1.54, 1.807) is 0 Å². The topological polar surface area (TPSA) is 70.6 Å². The van der Waals surface area contributed by atoms with Gasteiger partial charge in [0.25, 0.3) is 0 Å². The molecule has 1 aromatic rings. The van der Waals surface area contributed by atoms with Gasteiger partial charge in [0, 0.05) is 20.2 Å². The minimum Gasteiger partial charge on any atom is -0.391 e. The molecule has 0 heterocycles. The van der Waals surface area contributed by atoms with Crippen LogP contribution in [0.1, 0.15) is 17.5 Å². The number of benzene rings is 1. The third-order valence-electron chi connectivity index (χ3n) is 2.70. The number of urea groups is 1. The maximum Gasteiger partial charge on any atom is 0.315 e. The molecule has 0 radical (unpaired) electrons. The lowest BCUT2D eigenvalue weighted by Crippen LogP contribution is -2.36. The molecule has 0 spiro atoms. The Morgan fingerprint density at radius 1 is 1.32 bits per heavy atom. The van der Waals surface area contributed by atoms with Gasteiger partial charge in [0.15, 0.2) is 0 Å². The van der Waals surface area contributed by atoms with E-state index in [-0.39, 0.29) is 12.6 Å². The normalized spacial score (nSPS) is 11.9. The van der Waals surface area contributed by atoms with Gasteiger partial charge in [-0.25, -0.2) is 4.79 Å². The molecule has 0 aliphatic carbocycles. The van der Waals surface area contributed by atoms with Crippen LogP contribution < -0.4 is 10.6 Å². The number of aliphatic hydroxyl groups excluding tert-OH is 1. The van der Waals surface area contributed by atoms with Crippen molar-refractivity contribution in [3.63, 3.8) is 0 Å². The Kier molecular flexibility index (Phi) is 6.92. The third kappa shape index (κ3) is 6.79. The van der Waals surface area contributed by atoms with E-state index in [1.165, 1.54) is 12.7 Å². The van der Waals surface area contributed by atoms with E-state index in [9.17, 15) is 9.90 Å². The SMILES string of the molecule is COCC(O)CCNC(=O)NCc1ccc(C)cc1. The fraction of sp³-hybridized carbons (Fsp3) is 0.500. The molecule has 1 aromatic carbocycles. The number of rotatable bonds is 7. The molecule has 0 fully saturated rings. The van der Waals surface area contributed by atoms with Crippen molar-refractivity contribution in [3.05, 3.63) is 35.4 Å². The van der Waals surface area contributed by atoms with Crippen molar-refractivity contribution in [1.82, 2.24) is 10.6 Å². The zero-order chi connectivity index (χ0) is 14.1. The van der Waals surface area contributed by atoms with Crippen LogP contribution in [0.15, 0.2) is 24.3 Å². The molecule has 0 aliphatic heterocycles. The number of hydrogen-bond acceptors (Lipinski definition) is 3. The van der Waals surface area contributed by atoms with Crippen LogP contribution in [0.3, 0.4) is 0 Å². The summed E-state index contributed by atoms with van der Waals surface area (Å²) in [5.74, 6) is 0. The van der Waals surface area contributed by atoms with Gasteiger partial charge in [-0.3, -0.25) is 0 Å². The van der Waals surface area contributed by atoms with Gasteiger partial charge in [-0.05, 0) is 18.9 Å². The summed E-state index contributed by atoms with van der Waals surface area (Å²) >= 11 is 0. The van der Waals surface area contributed by atoms with Crippen molar-refractivity contribution in [1.29, 1.82) is 0 Å². The monoisotopic (exact) mass is 266 g/mol. The van der Waals surface area contributed by atoms with Gasteiger partial charge in [-0.2, -0.15) is 0 Å². The number of carbonyl (C=O) groups excluding carboxylic acids is 1. The number of aryl methyl sites for hydroxylation is 1. The molecular formula is C14H22N2O3. The van der Waals surface area contributed by atoms with Crippen LogP contribution in [0.25, 0.3) is 0 Å². The molecule has 1 rings (SSSR count). The third-order valence-corrected chi connectivity index (χ3v) is 2.70. The van der Waals surface area contributed by atoms with Crippen molar-refractivity contribution in [2.24, 2.45) is 0 Å². The molecule has 0 saturated carbocycles. The molecule has 5 heteroatoms. The van der Waals surface area contributed by atoms with E-state index < -0.39 is 6.10 Å². The van der Waals surface area contributed by atoms with E-state index >= 15 is 0 Å². The number of carbonyl (C=O) groups is 1. The Morgan fingerprint density at radius 2 is 2.00 bits per heavy atom. The van der Waals surface area contributed by atoms with E-state index in [0.29, 0.717) is 19.5 Å². The van der Waals surface area contributed by atoms with E-state index in [4.69, 9.17) is 4.74 Å².